The van der Waals surface area contributed by atoms with Crippen molar-refractivity contribution in [2.24, 2.45) is 5.73 Å². The molecule has 0 saturated carbocycles. The van der Waals surface area contributed by atoms with Crippen molar-refractivity contribution >= 4 is 27.5 Å². The zero-order valence-electron chi connectivity index (χ0n) is 15.2. The molecule has 0 bridgehead atoms. The number of carbonyl (C=O) groups is 1. The van der Waals surface area contributed by atoms with Gasteiger partial charge in [-0.15, -0.1) is 11.3 Å². The largest absolute Gasteiger partial charge is 0.370 e. The normalized spacial score (nSPS) is 11.0. The van der Waals surface area contributed by atoms with Gasteiger partial charge < -0.3 is 5.73 Å². The Morgan fingerprint density at radius 3 is 2.39 bits per heavy atom. The topological polar surface area (TPSA) is 78.0 Å². The van der Waals surface area contributed by atoms with Gasteiger partial charge in [0.2, 0.25) is 5.91 Å². The van der Waals surface area contributed by atoms with Gasteiger partial charge in [-0.25, -0.2) is 4.98 Å². The number of aromatic nitrogens is 2. The van der Waals surface area contributed by atoms with E-state index in [1.165, 1.54) is 11.3 Å². The molecule has 5 nitrogen and oxygen atoms in total. The molecule has 2 aromatic carbocycles. The van der Waals surface area contributed by atoms with Gasteiger partial charge in [0.1, 0.15) is 10.7 Å². The van der Waals surface area contributed by atoms with E-state index in [9.17, 15) is 9.59 Å². The molecule has 0 unspecified atom stereocenters. The molecule has 0 aliphatic heterocycles. The first-order valence-corrected chi connectivity index (χ1v) is 9.90. The van der Waals surface area contributed by atoms with Crippen LogP contribution in [0.5, 0.6) is 0 Å². The van der Waals surface area contributed by atoms with Crippen molar-refractivity contribution in [3.63, 3.8) is 0 Å². The Bertz CT molecular complexity index is 1180. The Hall–Kier alpha value is -3.25. The van der Waals surface area contributed by atoms with Crippen LogP contribution >= 0.6 is 11.3 Å². The fraction of sp³-hybridized carbons (Fsp3) is 0.136. The van der Waals surface area contributed by atoms with Crippen molar-refractivity contribution < 1.29 is 4.79 Å². The Morgan fingerprint density at radius 1 is 1.04 bits per heavy atom. The number of thiophene rings is 1. The van der Waals surface area contributed by atoms with E-state index < -0.39 is 5.91 Å². The molecule has 0 aliphatic carbocycles. The number of hydrogen-bond acceptors (Lipinski definition) is 4. The molecule has 2 heterocycles. The smallest absolute Gasteiger partial charge is 0.262 e. The zero-order valence-corrected chi connectivity index (χ0v) is 16.0. The Kier molecular flexibility index (Phi) is 5.04. The molecule has 0 saturated heterocycles. The van der Waals surface area contributed by atoms with Crippen molar-refractivity contribution in [1.29, 1.82) is 0 Å². The number of rotatable bonds is 6. The van der Waals surface area contributed by atoms with Crippen molar-refractivity contribution in [1.82, 2.24) is 9.55 Å². The van der Waals surface area contributed by atoms with Crippen LogP contribution < -0.4 is 11.3 Å². The maximum absolute atomic E-state index is 13.4. The third-order valence-corrected chi connectivity index (χ3v) is 5.52. The molecular weight excluding hydrogens is 370 g/mol. The van der Waals surface area contributed by atoms with Crippen LogP contribution in [0, 0.1) is 0 Å². The van der Waals surface area contributed by atoms with Gasteiger partial charge in [-0.2, -0.15) is 0 Å². The summed E-state index contributed by atoms with van der Waals surface area (Å²) in [6.07, 6.45) is 0.614. The number of fused-ring (bicyclic) bond motifs is 1. The van der Waals surface area contributed by atoms with E-state index in [0.29, 0.717) is 22.5 Å². The molecule has 6 heteroatoms. The maximum Gasteiger partial charge on any atom is 0.262 e. The molecule has 0 spiro atoms. The Balaban J connectivity index is 1.88. The van der Waals surface area contributed by atoms with Crippen molar-refractivity contribution in [2.75, 3.05) is 0 Å². The third-order valence-electron chi connectivity index (χ3n) is 4.64. The molecule has 0 atom stereocenters. The number of benzene rings is 2. The summed E-state index contributed by atoms with van der Waals surface area (Å²) in [4.78, 5) is 30.2. The lowest BCUT2D eigenvalue weighted by Crippen LogP contribution is -2.27. The molecule has 2 aromatic heterocycles. The fourth-order valence-electron chi connectivity index (χ4n) is 3.26. The molecule has 140 valence electrons. The van der Waals surface area contributed by atoms with E-state index in [1.54, 1.807) is 4.57 Å². The van der Waals surface area contributed by atoms with Crippen molar-refractivity contribution in [2.45, 2.75) is 19.4 Å². The first-order valence-electron chi connectivity index (χ1n) is 9.02. The standard InChI is InChI=1S/C22H19N3O2S/c23-18(26)11-12-25-19(13-15-7-3-1-4-8-15)24-21-20(22(25)27)17(14-28-21)16-9-5-2-6-10-16/h1-10,14H,11-13H2,(H2,23,26). The molecule has 2 N–H and O–H groups in total. The highest BCUT2D eigenvalue weighted by Crippen LogP contribution is 2.31. The van der Waals surface area contributed by atoms with Crippen LogP contribution in [0.25, 0.3) is 21.3 Å². The molecule has 0 radical (unpaired) electrons. The summed E-state index contributed by atoms with van der Waals surface area (Å²) in [6.45, 7) is 0.226. The van der Waals surface area contributed by atoms with Gasteiger partial charge in [0.25, 0.3) is 5.56 Å². The van der Waals surface area contributed by atoms with Gasteiger partial charge in [0.15, 0.2) is 0 Å². The lowest BCUT2D eigenvalue weighted by molar-refractivity contribution is -0.118. The van der Waals surface area contributed by atoms with Gasteiger partial charge in [0, 0.05) is 30.3 Å². The lowest BCUT2D eigenvalue weighted by atomic mass is 10.1. The quantitative estimate of drug-likeness (QED) is 0.547. The van der Waals surface area contributed by atoms with E-state index in [0.717, 1.165) is 16.7 Å². The summed E-state index contributed by atoms with van der Waals surface area (Å²) < 4.78 is 1.60. The predicted molar refractivity (Wildman–Crippen MR) is 112 cm³/mol. The van der Waals surface area contributed by atoms with Gasteiger partial charge in [-0.3, -0.25) is 14.2 Å². The molecule has 1 amide bonds. The van der Waals surface area contributed by atoms with Crippen LogP contribution in [0.2, 0.25) is 0 Å². The van der Waals surface area contributed by atoms with E-state index in [4.69, 9.17) is 10.7 Å². The average Bonchev–Trinajstić information content (AvgIpc) is 3.13. The minimum atomic E-state index is -0.439. The summed E-state index contributed by atoms with van der Waals surface area (Å²) in [5.74, 6) is 0.206. The summed E-state index contributed by atoms with van der Waals surface area (Å²) >= 11 is 1.46. The minimum absolute atomic E-state index is 0.0969. The first kappa shape index (κ1) is 18.1. The van der Waals surface area contributed by atoms with Gasteiger partial charge in [0.05, 0.1) is 5.39 Å². The molecule has 0 fully saturated rings. The third kappa shape index (κ3) is 3.59. The zero-order chi connectivity index (χ0) is 19.5. The van der Waals surface area contributed by atoms with Gasteiger partial charge in [-0.05, 0) is 11.1 Å². The number of carbonyl (C=O) groups excluding carboxylic acids is 1. The predicted octanol–water partition coefficient (Wildman–Crippen LogP) is 3.59. The SMILES string of the molecule is NC(=O)CCn1c(Cc2ccccc2)nc2scc(-c3ccccc3)c2c1=O. The van der Waals surface area contributed by atoms with E-state index >= 15 is 0 Å². The van der Waals surface area contributed by atoms with Gasteiger partial charge in [-0.1, -0.05) is 60.7 Å². The fourth-order valence-corrected chi connectivity index (χ4v) is 4.22. The number of nitrogens with two attached hydrogens (primary N) is 1. The summed E-state index contributed by atoms with van der Waals surface area (Å²) in [5.41, 5.74) is 8.11. The highest BCUT2D eigenvalue weighted by Gasteiger charge is 2.17. The monoisotopic (exact) mass is 389 g/mol. The highest BCUT2D eigenvalue weighted by atomic mass is 32.1. The highest BCUT2D eigenvalue weighted by molar-refractivity contribution is 7.17. The van der Waals surface area contributed by atoms with Crippen molar-refractivity contribution in [3.05, 3.63) is 87.8 Å². The second-order valence-electron chi connectivity index (χ2n) is 6.56. The number of primary amides is 1. The van der Waals surface area contributed by atoms with Crippen molar-refractivity contribution in [3.8, 4) is 11.1 Å². The van der Waals surface area contributed by atoms with Gasteiger partial charge >= 0.3 is 0 Å². The second kappa shape index (κ2) is 7.78. The molecule has 28 heavy (non-hydrogen) atoms. The van der Waals surface area contributed by atoms with Crippen LogP contribution in [-0.2, 0) is 17.8 Å². The Labute approximate surface area is 166 Å². The summed E-state index contributed by atoms with van der Waals surface area (Å²) in [6, 6.07) is 19.7. The molecule has 4 rings (SSSR count). The Morgan fingerprint density at radius 2 is 1.71 bits per heavy atom. The first-order chi connectivity index (χ1) is 13.6. The summed E-state index contributed by atoms with van der Waals surface area (Å²) in [7, 11) is 0. The van der Waals surface area contributed by atoms with Crippen LogP contribution in [0.15, 0.2) is 70.8 Å². The number of hydrogen-bond donors (Lipinski definition) is 1. The van der Waals surface area contributed by atoms with E-state index in [2.05, 4.69) is 0 Å². The second-order valence-corrected chi connectivity index (χ2v) is 7.42. The molecule has 0 aliphatic rings. The molecule has 4 aromatic rings. The van der Waals surface area contributed by atoms with Crippen LogP contribution in [0.4, 0.5) is 0 Å². The van der Waals surface area contributed by atoms with Crippen LogP contribution in [-0.4, -0.2) is 15.5 Å². The summed E-state index contributed by atoms with van der Waals surface area (Å²) in [5, 5.41) is 2.57. The van der Waals surface area contributed by atoms with Crippen LogP contribution in [0.1, 0.15) is 17.8 Å². The lowest BCUT2D eigenvalue weighted by Gasteiger charge is -2.12. The number of nitrogens with zero attached hydrogens (tertiary/aromatic N) is 2. The molecular formula is C22H19N3O2S. The van der Waals surface area contributed by atoms with E-state index in [1.807, 2.05) is 66.0 Å². The van der Waals surface area contributed by atoms with Crippen LogP contribution in [0.3, 0.4) is 0 Å². The average molecular weight is 389 g/mol. The number of amides is 1. The minimum Gasteiger partial charge on any atom is -0.370 e. The van der Waals surface area contributed by atoms with E-state index in [-0.39, 0.29) is 18.5 Å². The maximum atomic E-state index is 13.4.